The molecule has 136 valence electrons. The number of hydrazine groups is 1. The normalized spacial score (nSPS) is 13.7. The number of hydrogen-bond acceptors (Lipinski definition) is 5. The minimum atomic E-state index is -3.96. The fourth-order valence-corrected chi connectivity index (χ4v) is 3.29. The molecule has 0 saturated heterocycles. The maximum atomic E-state index is 12.1. The molecule has 1 heterocycles. The summed E-state index contributed by atoms with van der Waals surface area (Å²) in [6.07, 6.45) is 0. The van der Waals surface area contributed by atoms with E-state index >= 15 is 0 Å². The van der Waals surface area contributed by atoms with Gasteiger partial charge in [-0.05, 0) is 36.4 Å². The van der Waals surface area contributed by atoms with E-state index in [0.29, 0.717) is 16.5 Å². The molecule has 10 heteroatoms. The number of carbonyl (C=O) groups excluding carboxylic acids is 2. The molecule has 0 bridgehead atoms. The van der Waals surface area contributed by atoms with E-state index in [4.69, 9.17) is 16.3 Å². The molecule has 8 nitrogen and oxygen atoms in total. The van der Waals surface area contributed by atoms with Gasteiger partial charge < -0.3 is 4.74 Å². The van der Waals surface area contributed by atoms with E-state index < -0.39 is 21.8 Å². The molecule has 3 rings (SSSR count). The first-order valence-electron chi connectivity index (χ1n) is 7.45. The van der Waals surface area contributed by atoms with Crippen molar-refractivity contribution in [2.24, 2.45) is 0 Å². The van der Waals surface area contributed by atoms with Crippen LogP contribution < -0.4 is 19.9 Å². The van der Waals surface area contributed by atoms with Crippen LogP contribution >= 0.6 is 11.6 Å². The molecular weight excluding hydrogens is 382 g/mol. The highest BCUT2D eigenvalue weighted by Gasteiger charge is 2.27. The first-order valence-corrected chi connectivity index (χ1v) is 9.31. The summed E-state index contributed by atoms with van der Waals surface area (Å²) in [5.41, 5.74) is 2.53. The second-order valence-corrected chi connectivity index (χ2v) is 7.46. The number of nitrogens with one attached hydrogen (secondary N) is 2. The van der Waals surface area contributed by atoms with Gasteiger partial charge in [0.1, 0.15) is 12.3 Å². The van der Waals surface area contributed by atoms with Crippen LogP contribution in [0.5, 0.6) is 5.75 Å². The van der Waals surface area contributed by atoms with Crippen LogP contribution in [0.25, 0.3) is 0 Å². The number of sulfonamides is 1. The van der Waals surface area contributed by atoms with Crippen LogP contribution in [-0.2, 0) is 19.6 Å². The smallest absolute Gasteiger partial charge is 0.265 e. The molecule has 2 aromatic carbocycles. The summed E-state index contributed by atoms with van der Waals surface area (Å²) in [6, 6.07) is 12.2. The summed E-state index contributed by atoms with van der Waals surface area (Å²) < 4.78 is 29.6. The van der Waals surface area contributed by atoms with Gasteiger partial charge in [0.05, 0.1) is 10.6 Å². The van der Waals surface area contributed by atoms with E-state index in [-0.39, 0.29) is 18.0 Å². The maximum Gasteiger partial charge on any atom is 0.265 e. The van der Waals surface area contributed by atoms with Crippen molar-refractivity contribution in [2.75, 3.05) is 18.1 Å². The number of rotatable bonds is 5. The number of amides is 2. The van der Waals surface area contributed by atoms with E-state index in [0.717, 1.165) is 0 Å². The lowest BCUT2D eigenvalue weighted by Crippen LogP contribution is -2.49. The van der Waals surface area contributed by atoms with Crippen molar-refractivity contribution in [1.82, 2.24) is 10.3 Å². The van der Waals surface area contributed by atoms with E-state index in [2.05, 4.69) is 5.43 Å². The highest BCUT2D eigenvalue weighted by molar-refractivity contribution is 7.89. The predicted molar refractivity (Wildman–Crippen MR) is 94.2 cm³/mol. The number of para-hydroxylation sites is 2. The molecule has 1 aliphatic rings. The Morgan fingerprint density at radius 3 is 2.58 bits per heavy atom. The fourth-order valence-electron chi connectivity index (χ4n) is 2.31. The first-order chi connectivity index (χ1) is 12.4. The third kappa shape index (κ3) is 3.96. The van der Waals surface area contributed by atoms with E-state index in [1.54, 1.807) is 24.3 Å². The Morgan fingerprint density at radius 1 is 1.15 bits per heavy atom. The van der Waals surface area contributed by atoms with Gasteiger partial charge in [-0.25, -0.2) is 8.42 Å². The van der Waals surface area contributed by atoms with E-state index in [9.17, 15) is 18.0 Å². The van der Waals surface area contributed by atoms with Crippen molar-refractivity contribution in [3.8, 4) is 5.75 Å². The van der Waals surface area contributed by atoms with Gasteiger partial charge >= 0.3 is 0 Å². The Morgan fingerprint density at radius 2 is 1.85 bits per heavy atom. The molecule has 0 unspecified atom stereocenters. The van der Waals surface area contributed by atoms with Crippen molar-refractivity contribution in [1.29, 1.82) is 0 Å². The standard InChI is InChI=1S/C16H14ClN3O5S/c17-11-5-7-12(8-6-11)26(23,24)19-18-15(21)9-20-13-3-1-2-4-14(13)25-10-16(20)22/h1-8,19H,9-10H2,(H,18,21). The topological polar surface area (TPSA) is 105 Å². The number of halogens is 1. The number of anilines is 1. The van der Waals surface area contributed by atoms with Crippen LogP contribution in [0.3, 0.4) is 0 Å². The number of ether oxygens (including phenoxy) is 1. The lowest BCUT2D eigenvalue weighted by atomic mass is 10.2. The molecule has 0 aromatic heterocycles. The van der Waals surface area contributed by atoms with Gasteiger partial charge in [0.2, 0.25) is 0 Å². The first kappa shape index (κ1) is 18.2. The van der Waals surface area contributed by atoms with Crippen molar-refractivity contribution in [3.63, 3.8) is 0 Å². The Labute approximate surface area is 154 Å². The maximum absolute atomic E-state index is 12.1. The molecule has 0 spiro atoms. The second-order valence-electron chi connectivity index (χ2n) is 5.34. The van der Waals surface area contributed by atoms with Gasteiger partial charge in [-0.2, -0.15) is 0 Å². The molecule has 1 aliphatic heterocycles. The van der Waals surface area contributed by atoms with Gasteiger partial charge in [-0.1, -0.05) is 23.7 Å². The Bertz CT molecular complexity index is 947. The quantitative estimate of drug-likeness (QED) is 0.737. The molecule has 2 amide bonds. The van der Waals surface area contributed by atoms with Gasteiger partial charge in [0.25, 0.3) is 21.8 Å². The van der Waals surface area contributed by atoms with Crippen molar-refractivity contribution in [3.05, 3.63) is 53.6 Å². The summed E-state index contributed by atoms with van der Waals surface area (Å²) in [5, 5.41) is 0.387. The molecule has 26 heavy (non-hydrogen) atoms. The van der Waals surface area contributed by atoms with Crippen LogP contribution in [-0.4, -0.2) is 33.4 Å². The Kier molecular flexibility index (Phi) is 5.12. The number of carbonyl (C=O) groups is 2. The third-order valence-corrected chi connectivity index (χ3v) is 5.07. The lowest BCUT2D eigenvalue weighted by molar-refractivity contribution is -0.125. The Hall–Kier alpha value is -2.62. The number of hydrogen-bond donors (Lipinski definition) is 2. The summed E-state index contributed by atoms with van der Waals surface area (Å²) in [7, 11) is -3.96. The highest BCUT2D eigenvalue weighted by Crippen LogP contribution is 2.31. The number of benzene rings is 2. The molecular formula is C16H14ClN3O5S. The van der Waals surface area contributed by atoms with E-state index in [1.807, 2.05) is 4.83 Å². The predicted octanol–water partition coefficient (Wildman–Crippen LogP) is 1.08. The summed E-state index contributed by atoms with van der Waals surface area (Å²) in [6.45, 7) is -0.552. The molecule has 0 saturated carbocycles. The molecule has 2 N–H and O–H groups in total. The number of fused-ring (bicyclic) bond motifs is 1. The SMILES string of the molecule is O=C(CN1C(=O)COc2ccccc21)NNS(=O)(=O)c1ccc(Cl)cc1. The zero-order valence-corrected chi connectivity index (χ0v) is 14.9. The van der Waals surface area contributed by atoms with Crippen LogP contribution in [0.2, 0.25) is 5.02 Å². The largest absolute Gasteiger partial charge is 0.482 e. The number of nitrogens with zero attached hydrogens (tertiary/aromatic N) is 1. The van der Waals surface area contributed by atoms with Gasteiger partial charge in [-0.3, -0.25) is 19.9 Å². The molecule has 0 radical (unpaired) electrons. The van der Waals surface area contributed by atoms with Crippen LogP contribution in [0.4, 0.5) is 5.69 Å². The molecule has 0 atom stereocenters. The van der Waals surface area contributed by atoms with E-state index in [1.165, 1.54) is 29.2 Å². The van der Waals surface area contributed by atoms with Gasteiger partial charge in [0.15, 0.2) is 6.61 Å². The summed E-state index contributed by atoms with van der Waals surface area (Å²) in [4.78, 5) is 27.3. The summed E-state index contributed by atoms with van der Waals surface area (Å²) in [5.74, 6) is -0.631. The van der Waals surface area contributed by atoms with Gasteiger partial charge in [0, 0.05) is 5.02 Å². The van der Waals surface area contributed by atoms with Crippen molar-refractivity contribution >= 4 is 39.1 Å². The molecule has 0 aliphatic carbocycles. The van der Waals surface area contributed by atoms with Crippen LogP contribution in [0.15, 0.2) is 53.4 Å². The zero-order valence-electron chi connectivity index (χ0n) is 13.3. The third-order valence-electron chi connectivity index (χ3n) is 3.56. The molecule has 2 aromatic rings. The second kappa shape index (κ2) is 7.32. The fraction of sp³-hybridized carbons (Fsp3) is 0.125. The lowest BCUT2D eigenvalue weighted by Gasteiger charge is -2.28. The van der Waals surface area contributed by atoms with Crippen LogP contribution in [0, 0.1) is 0 Å². The Balaban J connectivity index is 1.66. The summed E-state index contributed by atoms with van der Waals surface area (Å²) >= 11 is 5.72. The average molecular weight is 396 g/mol. The van der Waals surface area contributed by atoms with Gasteiger partial charge in [-0.15, -0.1) is 4.83 Å². The monoisotopic (exact) mass is 395 g/mol. The minimum absolute atomic E-state index is 0.0602. The molecule has 0 fully saturated rings. The minimum Gasteiger partial charge on any atom is -0.482 e. The highest BCUT2D eigenvalue weighted by atomic mass is 35.5. The van der Waals surface area contributed by atoms with Crippen molar-refractivity contribution < 1.29 is 22.7 Å². The van der Waals surface area contributed by atoms with Crippen molar-refractivity contribution in [2.45, 2.75) is 4.90 Å². The average Bonchev–Trinajstić information content (AvgIpc) is 2.63. The van der Waals surface area contributed by atoms with Crippen LogP contribution in [0.1, 0.15) is 0 Å². The zero-order chi connectivity index (χ0) is 18.7.